The van der Waals surface area contributed by atoms with E-state index >= 15 is 0 Å². The summed E-state index contributed by atoms with van der Waals surface area (Å²) >= 11 is 12.7. The molecular weight excluding hydrogens is 414 g/mol. The number of halogens is 1. The van der Waals surface area contributed by atoms with Crippen LogP contribution in [0.2, 0.25) is 25.7 Å². The van der Waals surface area contributed by atoms with E-state index < -0.39 is 18.1 Å². The first kappa shape index (κ1) is 21.0. The second-order valence-corrected chi connectivity index (χ2v) is 16.9. The van der Waals surface area contributed by atoms with E-state index in [0.29, 0.717) is 29.1 Å². The highest BCUT2D eigenvalue weighted by molar-refractivity contribution is 8.22. The number of thioether (sulfide) groups is 1. The number of ether oxygens (including phenoxy) is 1. The Hall–Kier alpha value is -0.283. The fourth-order valence-electron chi connectivity index (χ4n) is 2.56. The summed E-state index contributed by atoms with van der Waals surface area (Å²) in [5, 5.41) is 0. The van der Waals surface area contributed by atoms with Gasteiger partial charge in [0.1, 0.15) is 0 Å². The van der Waals surface area contributed by atoms with Crippen molar-refractivity contribution < 1.29 is 13.2 Å². The Bertz CT molecular complexity index is 749. The molecule has 25 heavy (non-hydrogen) atoms. The molecule has 0 bridgehead atoms. The van der Waals surface area contributed by atoms with Gasteiger partial charge in [-0.3, -0.25) is 4.31 Å². The van der Waals surface area contributed by atoms with Crippen LogP contribution in [0.3, 0.4) is 0 Å². The van der Waals surface area contributed by atoms with Crippen LogP contribution in [0.25, 0.3) is 0 Å². The summed E-state index contributed by atoms with van der Waals surface area (Å²) in [6.45, 7) is 7.90. The number of benzene rings is 1. The van der Waals surface area contributed by atoms with Gasteiger partial charge in [0.05, 0.1) is 18.6 Å². The van der Waals surface area contributed by atoms with Gasteiger partial charge in [0.25, 0.3) is 0 Å². The Labute approximate surface area is 166 Å². The number of anilines is 1. The third kappa shape index (κ3) is 5.85. The number of sulfonamides is 1. The zero-order chi connectivity index (χ0) is 18.8. The molecule has 0 saturated carbocycles. The van der Waals surface area contributed by atoms with Crippen LogP contribution in [0.1, 0.15) is 11.5 Å². The quantitative estimate of drug-likeness (QED) is 0.283. The summed E-state index contributed by atoms with van der Waals surface area (Å²) in [6.07, 6.45) is 1.22. The molecular formula is C16H24ClNO3S3Si. The van der Waals surface area contributed by atoms with Crippen molar-refractivity contribution in [1.82, 2.24) is 0 Å². The molecule has 0 saturated heterocycles. The zero-order valence-electron chi connectivity index (χ0n) is 14.9. The molecule has 0 N–H and O–H groups in total. The first-order valence-electron chi connectivity index (χ1n) is 8.03. The maximum absolute atomic E-state index is 12.1. The van der Waals surface area contributed by atoms with Gasteiger partial charge in [-0.25, -0.2) is 8.42 Å². The first-order valence-corrected chi connectivity index (χ1v) is 15.3. The van der Waals surface area contributed by atoms with Crippen molar-refractivity contribution in [2.45, 2.75) is 36.5 Å². The van der Waals surface area contributed by atoms with Gasteiger partial charge in [0, 0.05) is 31.3 Å². The average Bonchev–Trinajstić information content (AvgIpc) is 2.83. The maximum atomic E-state index is 12.1. The van der Waals surface area contributed by atoms with E-state index in [1.54, 1.807) is 0 Å². The number of nitrogens with zero attached hydrogens (tertiary/aromatic N) is 1. The Kier molecular flexibility index (Phi) is 6.87. The molecule has 1 atom stereocenters. The predicted octanol–water partition coefficient (Wildman–Crippen LogP) is 4.52. The molecule has 0 amide bonds. The number of hydrogen-bond donors (Lipinski definition) is 0. The third-order valence-electron chi connectivity index (χ3n) is 3.96. The Morgan fingerprint density at radius 3 is 2.68 bits per heavy atom. The molecule has 0 radical (unpaired) electrons. The van der Waals surface area contributed by atoms with Crippen LogP contribution in [0.5, 0.6) is 0 Å². The van der Waals surface area contributed by atoms with Crippen molar-refractivity contribution in [3.05, 3.63) is 23.8 Å². The van der Waals surface area contributed by atoms with E-state index in [1.807, 2.05) is 18.2 Å². The van der Waals surface area contributed by atoms with E-state index in [0.717, 1.165) is 16.5 Å². The van der Waals surface area contributed by atoms with Gasteiger partial charge in [0.2, 0.25) is 14.4 Å². The molecule has 1 unspecified atom stereocenters. The highest BCUT2D eigenvalue weighted by atomic mass is 35.5. The van der Waals surface area contributed by atoms with Crippen LogP contribution in [0.15, 0.2) is 23.1 Å². The molecule has 1 aliphatic rings. The summed E-state index contributed by atoms with van der Waals surface area (Å²) in [5.74, 6) is 0.411. The smallest absolute Gasteiger partial charge is 0.232 e. The summed E-state index contributed by atoms with van der Waals surface area (Å²) in [5.41, 5.74) is 1.67. The van der Waals surface area contributed by atoms with E-state index in [1.165, 1.54) is 22.3 Å². The lowest BCUT2D eigenvalue weighted by molar-refractivity contribution is 0.344. The third-order valence-corrected chi connectivity index (χ3v) is 8.32. The molecule has 1 aromatic rings. The van der Waals surface area contributed by atoms with Crippen LogP contribution in [-0.4, -0.2) is 46.2 Å². The largest absolute Gasteiger partial charge is 0.479 e. The first-order chi connectivity index (χ1) is 11.5. The topological polar surface area (TPSA) is 46.6 Å². The average molecular weight is 438 g/mol. The number of fused-ring (bicyclic) bond motifs is 1. The Morgan fingerprint density at radius 1 is 1.44 bits per heavy atom. The lowest BCUT2D eigenvalue weighted by atomic mass is 10.0. The second kappa shape index (κ2) is 8.16. The fraction of sp³-hybridized carbons (Fsp3) is 0.562. The molecule has 0 aliphatic carbocycles. The van der Waals surface area contributed by atoms with Gasteiger partial charge >= 0.3 is 0 Å². The minimum Gasteiger partial charge on any atom is -0.479 e. The molecule has 1 aliphatic heterocycles. The Balaban J connectivity index is 2.11. The standard InChI is InChI=1S/C16H24ClNO3S3Si/c1-24(19,20)18-11-12(10-17)14-6-5-13(9-15(14)18)23-16(22)21-7-8-25(2,3)4/h5-6,9,12H,7-8,10-11H2,1-4H3. The Morgan fingerprint density at radius 2 is 2.12 bits per heavy atom. The normalized spacial score (nSPS) is 17.5. The van der Waals surface area contributed by atoms with E-state index in [-0.39, 0.29) is 5.92 Å². The van der Waals surface area contributed by atoms with E-state index in [4.69, 9.17) is 28.6 Å². The van der Waals surface area contributed by atoms with Gasteiger partial charge < -0.3 is 4.74 Å². The summed E-state index contributed by atoms with van der Waals surface area (Å²) in [7, 11) is -4.48. The van der Waals surface area contributed by atoms with Gasteiger partial charge in [-0.2, -0.15) is 0 Å². The van der Waals surface area contributed by atoms with Gasteiger partial charge in [-0.1, -0.05) is 25.7 Å². The molecule has 140 valence electrons. The van der Waals surface area contributed by atoms with Crippen molar-refractivity contribution in [3.8, 4) is 0 Å². The van der Waals surface area contributed by atoms with Crippen molar-refractivity contribution >= 4 is 63.7 Å². The van der Waals surface area contributed by atoms with Gasteiger partial charge in [-0.15, -0.1) is 11.6 Å². The van der Waals surface area contributed by atoms with Crippen LogP contribution in [0.4, 0.5) is 5.69 Å². The molecule has 0 spiro atoms. The van der Waals surface area contributed by atoms with Gasteiger partial charge in [0.15, 0.2) is 0 Å². The van der Waals surface area contributed by atoms with Crippen LogP contribution in [0, 0.1) is 0 Å². The SMILES string of the molecule is C[Si](C)(C)CCOC(=S)Sc1ccc2c(c1)N(S(C)(=O)=O)CC2CCl. The lowest BCUT2D eigenvalue weighted by Crippen LogP contribution is -2.28. The van der Waals surface area contributed by atoms with Crippen LogP contribution >= 0.6 is 35.6 Å². The highest BCUT2D eigenvalue weighted by Gasteiger charge is 2.33. The summed E-state index contributed by atoms with van der Waals surface area (Å²) < 4.78 is 31.7. The highest BCUT2D eigenvalue weighted by Crippen LogP contribution is 2.40. The zero-order valence-corrected chi connectivity index (χ0v) is 19.1. The molecule has 4 nitrogen and oxygen atoms in total. The van der Waals surface area contributed by atoms with Crippen molar-refractivity contribution in [1.29, 1.82) is 0 Å². The predicted molar refractivity (Wildman–Crippen MR) is 115 cm³/mol. The lowest BCUT2D eigenvalue weighted by Gasteiger charge is -2.18. The minimum atomic E-state index is -3.33. The number of rotatable bonds is 6. The van der Waals surface area contributed by atoms with Crippen molar-refractivity contribution in [2.75, 3.05) is 29.6 Å². The van der Waals surface area contributed by atoms with Crippen LogP contribution in [-0.2, 0) is 14.8 Å². The number of hydrogen-bond acceptors (Lipinski definition) is 5. The molecule has 1 heterocycles. The summed E-state index contributed by atoms with van der Waals surface area (Å²) in [4.78, 5) is 0.876. The molecule has 0 aromatic heterocycles. The molecule has 9 heteroatoms. The van der Waals surface area contributed by atoms with Crippen molar-refractivity contribution in [3.63, 3.8) is 0 Å². The number of alkyl halides is 1. The van der Waals surface area contributed by atoms with E-state index in [2.05, 4.69) is 19.6 Å². The monoisotopic (exact) mass is 437 g/mol. The maximum Gasteiger partial charge on any atom is 0.232 e. The van der Waals surface area contributed by atoms with Gasteiger partial charge in [-0.05, 0) is 47.7 Å². The van der Waals surface area contributed by atoms with E-state index in [9.17, 15) is 8.42 Å². The minimum absolute atomic E-state index is 0.0189. The second-order valence-electron chi connectivity index (χ2n) is 7.38. The molecule has 2 rings (SSSR count). The molecule has 0 fully saturated rings. The van der Waals surface area contributed by atoms with Crippen LogP contribution < -0.4 is 4.31 Å². The summed E-state index contributed by atoms with van der Waals surface area (Å²) in [6, 6.07) is 6.81. The fourth-order valence-corrected chi connectivity index (χ4v) is 5.52. The molecule has 1 aromatic carbocycles. The number of thiocarbonyl (C=S) groups is 1. The van der Waals surface area contributed by atoms with Crippen molar-refractivity contribution in [2.24, 2.45) is 0 Å².